The van der Waals surface area contributed by atoms with Crippen molar-refractivity contribution < 1.29 is 18.7 Å². The molecule has 0 N–H and O–H groups in total. The molecule has 8 heteroatoms. The summed E-state index contributed by atoms with van der Waals surface area (Å²) in [6, 6.07) is 5.32. The van der Waals surface area contributed by atoms with Crippen LogP contribution in [0.2, 0.25) is 0 Å². The maximum Gasteiger partial charge on any atom is 0.373 e. The maximum atomic E-state index is 12.6. The van der Waals surface area contributed by atoms with Crippen LogP contribution in [0, 0.1) is 0 Å². The zero-order chi connectivity index (χ0) is 17.8. The quantitative estimate of drug-likeness (QED) is 0.702. The Balaban J connectivity index is 1.58. The number of furan rings is 1. The third-order valence-electron chi connectivity index (χ3n) is 4.11. The predicted molar refractivity (Wildman–Crippen MR) is 97.9 cm³/mol. The van der Waals surface area contributed by atoms with Crippen LogP contribution in [-0.2, 0) is 11.3 Å². The van der Waals surface area contributed by atoms with Crippen molar-refractivity contribution in [3.63, 3.8) is 0 Å². The number of amides is 1. The Morgan fingerprint density at radius 1 is 1.24 bits per heavy atom. The summed E-state index contributed by atoms with van der Waals surface area (Å²) in [6.07, 6.45) is 0.902. The zero-order valence-electron chi connectivity index (χ0n) is 13.9. The van der Waals surface area contributed by atoms with Crippen molar-refractivity contribution in [2.45, 2.75) is 13.0 Å². The summed E-state index contributed by atoms with van der Waals surface area (Å²) in [4.78, 5) is 29.0. The normalized spacial score (nSPS) is 15.8. The van der Waals surface area contributed by atoms with E-state index in [-0.39, 0.29) is 11.7 Å². The molecule has 0 aromatic carbocycles. The molecule has 1 aliphatic rings. The van der Waals surface area contributed by atoms with Crippen LogP contribution in [0.3, 0.4) is 0 Å². The van der Waals surface area contributed by atoms with E-state index >= 15 is 0 Å². The van der Waals surface area contributed by atoms with Gasteiger partial charge < -0.3 is 14.1 Å². The summed E-state index contributed by atoms with van der Waals surface area (Å²) in [7, 11) is 1.33. The molecular weight excluding hydrogens is 408 g/mol. The smallest absolute Gasteiger partial charge is 0.373 e. The SMILES string of the molecule is COC(=O)c1ccc(CN2CCCN(C(=O)c3sccc3Br)CC2)o1. The molecule has 1 fully saturated rings. The number of carbonyl (C=O) groups excluding carboxylic acids is 2. The van der Waals surface area contributed by atoms with Crippen molar-refractivity contribution >= 4 is 39.1 Å². The fourth-order valence-corrected chi connectivity index (χ4v) is 4.32. The van der Waals surface area contributed by atoms with E-state index in [9.17, 15) is 9.59 Å². The van der Waals surface area contributed by atoms with Gasteiger partial charge >= 0.3 is 5.97 Å². The van der Waals surface area contributed by atoms with Gasteiger partial charge in [0.1, 0.15) is 10.6 Å². The summed E-state index contributed by atoms with van der Waals surface area (Å²) < 4.78 is 11.0. The monoisotopic (exact) mass is 426 g/mol. The summed E-state index contributed by atoms with van der Waals surface area (Å²) in [5.41, 5.74) is 0. The van der Waals surface area contributed by atoms with Gasteiger partial charge in [0.15, 0.2) is 0 Å². The van der Waals surface area contributed by atoms with E-state index in [2.05, 4.69) is 25.6 Å². The van der Waals surface area contributed by atoms with Crippen molar-refractivity contribution in [1.82, 2.24) is 9.80 Å². The van der Waals surface area contributed by atoms with Crippen LogP contribution in [0.5, 0.6) is 0 Å². The number of esters is 1. The molecule has 0 bridgehead atoms. The third kappa shape index (κ3) is 4.31. The van der Waals surface area contributed by atoms with Crippen LogP contribution in [-0.4, -0.2) is 55.0 Å². The second kappa shape index (κ2) is 8.16. The van der Waals surface area contributed by atoms with Gasteiger partial charge in [-0.25, -0.2) is 4.79 Å². The lowest BCUT2D eigenvalue weighted by Gasteiger charge is -2.21. The van der Waals surface area contributed by atoms with Crippen LogP contribution in [0.1, 0.15) is 32.4 Å². The molecular formula is C17H19BrN2O4S. The van der Waals surface area contributed by atoms with Crippen LogP contribution in [0.4, 0.5) is 0 Å². The minimum Gasteiger partial charge on any atom is -0.463 e. The van der Waals surface area contributed by atoms with Crippen LogP contribution < -0.4 is 0 Å². The van der Waals surface area contributed by atoms with Gasteiger partial charge in [-0.1, -0.05) is 0 Å². The van der Waals surface area contributed by atoms with Gasteiger partial charge in [-0.15, -0.1) is 11.3 Å². The largest absolute Gasteiger partial charge is 0.463 e. The van der Waals surface area contributed by atoms with Gasteiger partial charge in [-0.3, -0.25) is 9.69 Å². The van der Waals surface area contributed by atoms with Gasteiger partial charge in [0.05, 0.1) is 13.7 Å². The molecule has 0 aliphatic carbocycles. The summed E-state index contributed by atoms with van der Waals surface area (Å²) in [5, 5.41) is 1.91. The fourth-order valence-electron chi connectivity index (χ4n) is 2.82. The Labute approximate surface area is 158 Å². The predicted octanol–water partition coefficient (Wildman–Crippen LogP) is 3.24. The van der Waals surface area contributed by atoms with Crippen molar-refractivity contribution in [3.05, 3.63) is 44.4 Å². The summed E-state index contributed by atoms with van der Waals surface area (Å²) in [6.45, 7) is 3.67. The van der Waals surface area contributed by atoms with Crippen molar-refractivity contribution in [1.29, 1.82) is 0 Å². The second-order valence-corrected chi connectivity index (χ2v) is 7.55. The van der Waals surface area contributed by atoms with Crippen molar-refractivity contribution in [2.75, 3.05) is 33.3 Å². The van der Waals surface area contributed by atoms with E-state index in [1.54, 1.807) is 12.1 Å². The van der Waals surface area contributed by atoms with Gasteiger partial charge in [-0.2, -0.15) is 0 Å². The number of halogens is 1. The van der Waals surface area contributed by atoms with Gasteiger partial charge in [0, 0.05) is 30.7 Å². The minimum absolute atomic E-state index is 0.0784. The number of methoxy groups -OCH3 is 1. The second-order valence-electron chi connectivity index (χ2n) is 5.78. The van der Waals surface area contributed by atoms with Crippen LogP contribution in [0.25, 0.3) is 0 Å². The van der Waals surface area contributed by atoms with Gasteiger partial charge in [0.25, 0.3) is 5.91 Å². The summed E-state index contributed by atoms with van der Waals surface area (Å²) >= 11 is 4.89. The van der Waals surface area contributed by atoms with Crippen LogP contribution >= 0.6 is 27.3 Å². The lowest BCUT2D eigenvalue weighted by atomic mass is 10.3. The lowest BCUT2D eigenvalue weighted by Crippen LogP contribution is -2.34. The Morgan fingerprint density at radius 3 is 2.80 bits per heavy atom. The first-order valence-electron chi connectivity index (χ1n) is 8.00. The lowest BCUT2D eigenvalue weighted by molar-refractivity contribution is 0.0560. The van der Waals surface area contributed by atoms with E-state index in [1.807, 2.05) is 16.3 Å². The number of hydrogen-bond donors (Lipinski definition) is 0. The van der Waals surface area contributed by atoms with Crippen molar-refractivity contribution in [3.8, 4) is 0 Å². The first-order valence-corrected chi connectivity index (χ1v) is 9.67. The molecule has 0 unspecified atom stereocenters. The Bertz CT molecular complexity index is 757. The number of rotatable bonds is 4. The van der Waals surface area contributed by atoms with Crippen LogP contribution in [0.15, 0.2) is 32.5 Å². The first-order chi connectivity index (χ1) is 12.1. The number of hydrogen-bond acceptors (Lipinski definition) is 6. The number of ether oxygens (including phenoxy) is 1. The topological polar surface area (TPSA) is 63.0 Å². The Morgan fingerprint density at radius 2 is 2.08 bits per heavy atom. The van der Waals surface area contributed by atoms with Gasteiger partial charge in [-0.05, 0) is 45.9 Å². The fraction of sp³-hybridized carbons (Fsp3) is 0.412. The highest BCUT2D eigenvalue weighted by Crippen LogP contribution is 2.25. The molecule has 2 aromatic rings. The highest BCUT2D eigenvalue weighted by Gasteiger charge is 2.23. The molecule has 1 amide bonds. The standard InChI is InChI=1S/C17H19BrN2O4S/c1-23-17(22)14-4-3-12(24-14)11-19-6-2-7-20(9-8-19)16(21)15-13(18)5-10-25-15/h3-5,10H,2,6-9,11H2,1H3. The molecule has 0 saturated carbocycles. The molecule has 134 valence electrons. The average Bonchev–Trinajstić information content (AvgIpc) is 3.18. The van der Waals surface area contributed by atoms with E-state index in [0.29, 0.717) is 13.1 Å². The van der Waals surface area contributed by atoms with E-state index in [0.717, 1.165) is 41.2 Å². The highest BCUT2D eigenvalue weighted by atomic mass is 79.9. The molecule has 1 saturated heterocycles. The van der Waals surface area contributed by atoms with Crippen molar-refractivity contribution in [2.24, 2.45) is 0 Å². The molecule has 0 radical (unpaired) electrons. The zero-order valence-corrected chi connectivity index (χ0v) is 16.3. The molecule has 3 heterocycles. The molecule has 3 rings (SSSR count). The van der Waals surface area contributed by atoms with E-state index in [1.165, 1.54) is 18.4 Å². The molecule has 1 aliphatic heterocycles. The number of nitrogens with zero attached hydrogens (tertiary/aromatic N) is 2. The Kier molecular flexibility index (Phi) is 5.93. The molecule has 0 spiro atoms. The van der Waals surface area contributed by atoms with E-state index < -0.39 is 5.97 Å². The third-order valence-corrected chi connectivity index (χ3v) is 5.94. The Hall–Kier alpha value is -1.64. The minimum atomic E-state index is -0.472. The molecule has 2 aromatic heterocycles. The highest BCUT2D eigenvalue weighted by molar-refractivity contribution is 9.10. The molecule has 25 heavy (non-hydrogen) atoms. The van der Waals surface area contributed by atoms with E-state index in [4.69, 9.17) is 4.42 Å². The molecule has 0 atom stereocenters. The molecule has 6 nitrogen and oxygen atoms in total. The number of thiophene rings is 1. The maximum absolute atomic E-state index is 12.6. The summed E-state index contributed by atoms with van der Waals surface area (Å²) in [5.74, 6) is 0.544. The van der Waals surface area contributed by atoms with Gasteiger partial charge in [0.2, 0.25) is 5.76 Å². The number of carbonyl (C=O) groups is 2. The average molecular weight is 427 g/mol. The first kappa shape index (κ1) is 18.2.